The summed E-state index contributed by atoms with van der Waals surface area (Å²) in [5, 5.41) is 0. The number of piperidine rings is 1. The van der Waals surface area contributed by atoms with Crippen LogP contribution in [0.3, 0.4) is 0 Å². The molecule has 1 aliphatic rings. The first-order valence-corrected chi connectivity index (χ1v) is 10.8. The minimum Gasteiger partial charge on any atom is -0.343 e. The highest BCUT2D eigenvalue weighted by molar-refractivity contribution is 7.88. The van der Waals surface area contributed by atoms with Gasteiger partial charge in [0.1, 0.15) is 0 Å². The van der Waals surface area contributed by atoms with Crippen molar-refractivity contribution in [1.82, 2.24) is 9.21 Å². The standard InChI is InChI=1S/C19H30N2O3S/c1-5-21(25(4,23)24)17-11-13-20(14-12-17)18(22)15-19(2,3)16-9-7-6-8-10-16/h6-10,17H,5,11-15H2,1-4H3. The third-order valence-electron chi connectivity index (χ3n) is 5.11. The Bertz CT molecular complexity index is 678. The van der Waals surface area contributed by atoms with Crippen molar-refractivity contribution in [2.24, 2.45) is 0 Å². The second-order valence-corrected chi connectivity index (χ2v) is 9.44. The number of sulfonamides is 1. The molecule has 1 amide bonds. The van der Waals surface area contributed by atoms with Gasteiger partial charge in [-0.2, -0.15) is 4.31 Å². The van der Waals surface area contributed by atoms with E-state index in [9.17, 15) is 13.2 Å². The van der Waals surface area contributed by atoms with Crippen LogP contribution < -0.4 is 0 Å². The average Bonchev–Trinajstić information content (AvgIpc) is 2.55. The first-order chi connectivity index (χ1) is 11.6. The van der Waals surface area contributed by atoms with Crippen LogP contribution in [-0.2, 0) is 20.2 Å². The van der Waals surface area contributed by atoms with Gasteiger partial charge < -0.3 is 4.90 Å². The molecule has 0 radical (unpaired) electrons. The van der Waals surface area contributed by atoms with Crippen LogP contribution in [0.4, 0.5) is 0 Å². The van der Waals surface area contributed by atoms with Crippen LogP contribution in [0.25, 0.3) is 0 Å². The number of rotatable bonds is 6. The Labute approximate surface area is 152 Å². The van der Waals surface area contributed by atoms with Crippen LogP contribution in [0.15, 0.2) is 30.3 Å². The average molecular weight is 367 g/mol. The Morgan fingerprint density at radius 1 is 1.20 bits per heavy atom. The molecule has 0 spiro atoms. The lowest BCUT2D eigenvalue weighted by Crippen LogP contribution is -2.49. The van der Waals surface area contributed by atoms with Crippen LogP contribution in [0, 0.1) is 0 Å². The molecule has 1 aliphatic heterocycles. The number of amides is 1. The molecule has 0 bridgehead atoms. The van der Waals surface area contributed by atoms with E-state index in [1.165, 1.54) is 6.26 Å². The van der Waals surface area contributed by atoms with Crippen molar-refractivity contribution in [2.75, 3.05) is 25.9 Å². The normalized spacial score (nSPS) is 17.1. The Morgan fingerprint density at radius 2 is 1.76 bits per heavy atom. The fourth-order valence-electron chi connectivity index (χ4n) is 3.65. The molecule has 2 rings (SSSR count). The number of likely N-dealkylation sites (tertiary alicyclic amines) is 1. The van der Waals surface area contributed by atoms with Crippen molar-refractivity contribution in [3.05, 3.63) is 35.9 Å². The van der Waals surface area contributed by atoms with Crippen molar-refractivity contribution in [2.45, 2.75) is 51.5 Å². The number of hydrogen-bond donors (Lipinski definition) is 0. The van der Waals surface area contributed by atoms with Gasteiger partial charge in [-0.3, -0.25) is 4.79 Å². The van der Waals surface area contributed by atoms with Gasteiger partial charge in [0.05, 0.1) is 6.26 Å². The van der Waals surface area contributed by atoms with E-state index in [4.69, 9.17) is 0 Å². The van der Waals surface area contributed by atoms with Gasteiger partial charge in [-0.1, -0.05) is 51.1 Å². The molecule has 1 fully saturated rings. The molecule has 0 N–H and O–H groups in total. The van der Waals surface area contributed by atoms with Crippen molar-refractivity contribution >= 4 is 15.9 Å². The third kappa shape index (κ3) is 5.05. The molecular formula is C19H30N2O3S. The van der Waals surface area contributed by atoms with Crippen LogP contribution in [0.1, 0.15) is 45.6 Å². The quantitative estimate of drug-likeness (QED) is 0.778. The lowest BCUT2D eigenvalue weighted by Gasteiger charge is -2.38. The van der Waals surface area contributed by atoms with Gasteiger partial charge >= 0.3 is 0 Å². The van der Waals surface area contributed by atoms with E-state index in [-0.39, 0.29) is 17.4 Å². The summed E-state index contributed by atoms with van der Waals surface area (Å²) in [5.74, 6) is 0.148. The molecule has 6 heteroatoms. The zero-order valence-electron chi connectivity index (χ0n) is 15.7. The highest BCUT2D eigenvalue weighted by Crippen LogP contribution is 2.28. The second kappa shape index (κ2) is 7.87. The zero-order chi connectivity index (χ0) is 18.7. The third-order valence-corrected chi connectivity index (χ3v) is 6.52. The number of hydrogen-bond acceptors (Lipinski definition) is 3. The summed E-state index contributed by atoms with van der Waals surface area (Å²) in [6, 6.07) is 10.1. The molecule has 1 heterocycles. The molecule has 0 unspecified atom stereocenters. The molecule has 25 heavy (non-hydrogen) atoms. The van der Waals surface area contributed by atoms with E-state index in [0.717, 1.165) is 5.56 Å². The summed E-state index contributed by atoms with van der Waals surface area (Å²) in [6.45, 7) is 7.78. The highest BCUT2D eigenvalue weighted by Gasteiger charge is 2.32. The molecule has 0 saturated carbocycles. The molecule has 1 aromatic rings. The maximum absolute atomic E-state index is 12.7. The SMILES string of the molecule is CCN(C1CCN(C(=O)CC(C)(C)c2ccccc2)CC1)S(C)(=O)=O. The van der Waals surface area contributed by atoms with Gasteiger partial charge in [0.25, 0.3) is 0 Å². The molecule has 0 aliphatic carbocycles. The van der Waals surface area contributed by atoms with Gasteiger partial charge in [-0.05, 0) is 23.8 Å². The number of nitrogens with zero attached hydrogens (tertiary/aromatic N) is 2. The monoisotopic (exact) mass is 366 g/mol. The first-order valence-electron chi connectivity index (χ1n) is 8.95. The molecule has 1 aromatic carbocycles. The predicted octanol–water partition coefficient (Wildman–Crippen LogP) is 2.63. The van der Waals surface area contributed by atoms with Crippen molar-refractivity contribution in [3.8, 4) is 0 Å². The lowest BCUT2D eigenvalue weighted by molar-refractivity contribution is -0.133. The van der Waals surface area contributed by atoms with E-state index in [2.05, 4.69) is 26.0 Å². The largest absolute Gasteiger partial charge is 0.343 e. The van der Waals surface area contributed by atoms with Gasteiger partial charge in [0, 0.05) is 32.1 Å². The molecule has 0 aromatic heterocycles. The second-order valence-electron chi connectivity index (χ2n) is 7.50. The van der Waals surface area contributed by atoms with Crippen LogP contribution in [0.2, 0.25) is 0 Å². The number of carbonyl (C=O) groups is 1. The van der Waals surface area contributed by atoms with Gasteiger partial charge in [0.2, 0.25) is 15.9 Å². The van der Waals surface area contributed by atoms with Crippen molar-refractivity contribution in [1.29, 1.82) is 0 Å². The summed E-state index contributed by atoms with van der Waals surface area (Å²) in [4.78, 5) is 14.6. The fraction of sp³-hybridized carbons (Fsp3) is 0.632. The molecule has 0 atom stereocenters. The highest BCUT2D eigenvalue weighted by atomic mass is 32.2. The van der Waals surface area contributed by atoms with E-state index in [1.54, 1.807) is 4.31 Å². The maximum Gasteiger partial charge on any atom is 0.223 e. The smallest absolute Gasteiger partial charge is 0.223 e. The Hall–Kier alpha value is -1.40. The van der Waals surface area contributed by atoms with Crippen LogP contribution in [0.5, 0.6) is 0 Å². The number of benzene rings is 1. The molecule has 5 nitrogen and oxygen atoms in total. The topological polar surface area (TPSA) is 57.7 Å². The molecular weight excluding hydrogens is 336 g/mol. The minimum atomic E-state index is -3.19. The summed E-state index contributed by atoms with van der Waals surface area (Å²) < 4.78 is 25.3. The van der Waals surface area contributed by atoms with Gasteiger partial charge in [-0.15, -0.1) is 0 Å². The predicted molar refractivity (Wildman–Crippen MR) is 101 cm³/mol. The maximum atomic E-state index is 12.7. The minimum absolute atomic E-state index is 0.00573. The summed E-state index contributed by atoms with van der Waals surface area (Å²) in [5.41, 5.74) is 0.949. The molecule has 140 valence electrons. The van der Waals surface area contributed by atoms with E-state index < -0.39 is 10.0 Å². The van der Waals surface area contributed by atoms with Crippen molar-refractivity contribution in [3.63, 3.8) is 0 Å². The summed E-state index contributed by atoms with van der Waals surface area (Å²) in [6.07, 6.45) is 3.14. The zero-order valence-corrected chi connectivity index (χ0v) is 16.6. The summed E-state index contributed by atoms with van der Waals surface area (Å²) in [7, 11) is -3.19. The number of carbonyl (C=O) groups excluding carboxylic acids is 1. The lowest BCUT2D eigenvalue weighted by atomic mass is 9.81. The van der Waals surface area contributed by atoms with Crippen LogP contribution in [-0.4, -0.2) is 55.5 Å². The Kier molecular flexibility index (Phi) is 6.27. The summed E-state index contributed by atoms with van der Waals surface area (Å²) >= 11 is 0. The van der Waals surface area contributed by atoms with Crippen molar-refractivity contribution < 1.29 is 13.2 Å². The Morgan fingerprint density at radius 3 is 2.24 bits per heavy atom. The van der Waals surface area contributed by atoms with E-state index >= 15 is 0 Å². The fourth-order valence-corrected chi connectivity index (χ4v) is 4.87. The first kappa shape index (κ1) is 19.9. The van der Waals surface area contributed by atoms with Gasteiger partial charge in [0.15, 0.2) is 0 Å². The van der Waals surface area contributed by atoms with E-state index in [0.29, 0.717) is 38.9 Å². The van der Waals surface area contributed by atoms with E-state index in [1.807, 2.05) is 30.0 Å². The van der Waals surface area contributed by atoms with Crippen LogP contribution >= 0.6 is 0 Å². The van der Waals surface area contributed by atoms with Gasteiger partial charge in [-0.25, -0.2) is 8.42 Å². The Balaban J connectivity index is 1.95. The molecule has 1 saturated heterocycles.